The van der Waals surface area contributed by atoms with Crippen LogP contribution in [0.15, 0.2) is 53.5 Å². The number of carbonyl (C=O) groups is 1. The molecule has 33 heavy (non-hydrogen) atoms. The molecule has 2 aromatic carbocycles. The number of carboxylic acid groups (broad SMARTS) is 1. The van der Waals surface area contributed by atoms with E-state index in [1.165, 1.54) is 24.3 Å². The highest BCUT2D eigenvalue weighted by Gasteiger charge is 2.19. The van der Waals surface area contributed by atoms with E-state index in [1.807, 2.05) is 0 Å². The second kappa shape index (κ2) is 8.59. The predicted octanol–water partition coefficient (Wildman–Crippen LogP) is 4.80. The Balaban J connectivity index is 1.87. The Morgan fingerprint density at radius 3 is 2.67 bits per heavy atom. The van der Waals surface area contributed by atoms with Crippen LogP contribution in [0.25, 0.3) is 22.4 Å². The number of fused-ring (bicyclic) bond motifs is 1. The van der Waals surface area contributed by atoms with Gasteiger partial charge in [0.1, 0.15) is 17.3 Å². The summed E-state index contributed by atoms with van der Waals surface area (Å²) >= 11 is 5.93. The Morgan fingerprint density at radius 1 is 1.21 bits per heavy atom. The fourth-order valence-corrected chi connectivity index (χ4v) is 3.65. The minimum absolute atomic E-state index is 0.0345. The number of carboxylic acids is 1. The van der Waals surface area contributed by atoms with Gasteiger partial charge in [0.15, 0.2) is 5.82 Å². The molecule has 10 heteroatoms. The van der Waals surface area contributed by atoms with E-state index in [1.54, 1.807) is 13.0 Å². The first-order chi connectivity index (χ1) is 16.2. The average Bonchev–Trinajstić information content (AvgIpc) is 2.80. The summed E-state index contributed by atoms with van der Waals surface area (Å²) < 4.78 is 36.6. The number of pyridine rings is 1. The van der Waals surface area contributed by atoms with Gasteiger partial charge in [-0.2, -0.15) is 0 Å². The first-order valence-corrected chi connectivity index (χ1v) is 10.0. The summed E-state index contributed by atoms with van der Waals surface area (Å²) in [6, 6.07) is 8.47. The van der Waals surface area contributed by atoms with E-state index in [2.05, 4.69) is 15.3 Å². The van der Waals surface area contributed by atoms with Crippen LogP contribution in [0, 0.1) is 11.6 Å². The van der Waals surface area contributed by atoms with Gasteiger partial charge in [0, 0.05) is 19.6 Å². The van der Waals surface area contributed by atoms with Gasteiger partial charge in [-0.05, 0) is 49.4 Å². The zero-order valence-corrected chi connectivity index (χ0v) is 17.9. The maximum absolute atomic E-state index is 14.5. The van der Waals surface area contributed by atoms with Gasteiger partial charge in [-0.15, -0.1) is 0 Å². The molecule has 0 amide bonds. The SMILES string of the molecule is [2H]Cn1c(-c2ccc(F)cn2)nc2c([C@@H](C)Nc3ccc(Cl)c(C(=O)O)c3)cc(F)cc2c1=O. The lowest BCUT2D eigenvalue weighted by atomic mass is 10.0. The Labute approximate surface area is 192 Å². The lowest BCUT2D eigenvalue weighted by Gasteiger charge is -2.19. The van der Waals surface area contributed by atoms with E-state index >= 15 is 0 Å². The summed E-state index contributed by atoms with van der Waals surface area (Å²) in [4.78, 5) is 33.0. The monoisotopic (exact) mass is 471 g/mol. The molecular weight excluding hydrogens is 454 g/mol. The van der Waals surface area contributed by atoms with E-state index in [-0.39, 0.29) is 33.0 Å². The molecular formula is C23H17ClF2N4O3. The highest BCUT2D eigenvalue weighted by molar-refractivity contribution is 6.33. The molecule has 2 N–H and O–H groups in total. The molecule has 0 radical (unpaired) electrons. The summed E-state index contributed by atoms with van der Waals surface area (Å²) in [5.74, 6) is -2.42. The van der Waals surface area contributed by atoms with Crippen LogP contribution in [0.5, 0.6) is 0 Å². The molecule has 0 aliphatic rings. The zero-order valence-electron chi connectivity index (χ0n) is 18.1. The Hall–Kier alpha value is -3.85. The van der Waals surface area contributed by atoms with Crippen LogP contribution < -0.4 is 10.9 Å². The van der Waals surface area contributed by atoms with Gasteiger partial charge in [-0.3, -0.25) is 9.36 Å². The van der Waals surface area contributed by atoms with Crippen LogP contribution in [-0.4, -0.2) is 25.6 Å². The first-order valence-electron chi connectivity index (χ1n) is 10.3. The number of anilines is 1. The van der Waals surface area contributed by atoms with Crippen molar-refractivity contribution in [2.45, 2.75) is 13.0 Å². The fraction of sp³-hybridized carbons (Fsp3) is 0.130. The van der Waals surface area contributed by atoms with Gasteiger partial charge >= 0.3 is 5.97 Å². The van der Waals surface area contributed by atoms with Gasteiger partial charge in [-0.25, -0.2) is 23.5 Å². The van der Waals surface area contributed by atoms with Crippen molar-refractivity contribution in [3.05, 3.63) is 86.8 Å². The zero-order chi connectivity index (χ0) is 24.6. The topological polar surface area (TPSA) is 97.1 Å². The standard InChI is InChI=1S/C23H17ClF2N4O3/c1-11(28-14-4-5-18(24)16(9-14)23(32)33)15-7-13(26)8-17-20(15)29-21(30(2)22(17)31)19-6-3-12(25)10-27-19/h3-11,28H,1-2H3,(H,32,33)/t11-/m1/s1/i2D. The number of nitrogens with zero attached hydrogens (tertiary/aromatic N) is 3. The van der Waals surface area contributed by atoms with Crippen molar-refractivity contribution in [3.63, 3.8) is 0 Å². The average molecular weight is 472 g/mol. The predicted molar refractivity (Wildman–Crippen MR) is 121 cm³/mol. The summed E-state index contributed by atoms with van der Waals surface area (Å²) in [6.45, 7) is 1.69. The number of benzene rings is 2. The second-order valence-corrected chi connectivity index (χ2v) is 7.69. The van der Waals surface area contributed by atoms with Crippen molar-refractivity contribution in [3.8, 4) is 11.5 Å². The van der Waals surface area contributed by atoms with E-state index in [9.17, 15) is 23.5 Å². The number of nitrogens with one attached hydrogen (secondary N) is 1. The minimum Gasteiger partial charge on any atom is -0.478 e. The molecule has 0 fully saturated rings. The van der Waals surface area contributed by atoms with Crippen LogP contribution >= 0.6 is 11.6 Å². The largest absolute Gasteiger partial charge is 0.478 e. The van der Waals surface area contributed by atoms with Crippen molar-refractivity contribution < 1.29 is 20.1 Å². The van der Waals surface area contributed by atoms with E-state index in [4.69, 9.17) is 13.0 Å². The van der Waals surface area contributed by atoms with Gasteiger partial charge < -0.3 is 10.4 Å². The Bertz CT molecular complexity index is 1480. The quantitative estimate of drug-likeness (QED) is 0.434. The molecule has 7 nitrogen and oxygen atoms in total. The number of aromatic nitrogens is 3. The lowest BCUT2D eigenvalue weighted by molar-refractivity contribution is 0.0697. The maximum atomic E-state index is 14.5. The highest BCUT2D eigenvalue weighted by Crippen LogP contribution is 2.29. The smallest absolute Gasteiger partial charge is 0.337 e. The highest BCUT2D eigenvalue weighted by atomic mass is 35.5. The lowest BCUT2D eigenvalue weighted by Crippen LogP contribution is -2.22. The molecule has 0 aliphatic heterocycles. The summed E-state index contributed by atoms with van der Waals surface area (Å²) in [5.41, 5.74) is 0.320. The van der Waals surface area contributed by atoms with Gasteiger partial charge in [0.2, 0.25) is 0 Å². The van der Waals surface area contributed by atoms with Crippen molar-refractivity contribution in [1.29, 1.82) is 0 Å². The van der Waals surface area contributed by atoms with E-state index in [0.29, 0.717) is 11.3 Å². The normalized spacial score (nSPS) is 12.4. The van der Waals surface area contributed by atoms with Gasteiger partial charge in [-0.1, -0.05) is 11.6 Å². The van der Waals surface area contributed by atoms with Gasteiger partial charge in [0.05, 0.1) is 33.7 Å². The fourth-order valence-electron chi connectivity index (χ4n) is 3.46. The number of hydrogen-bond donors (Lipinski definition) is 2. The molecule has 168 valence electrons. The van der Waals surface area contributed by atoms with Gasteiger partial charge in [0.25, 0.3) is 5.56 Å². The summed E-state index contributed by atoms with van der Waals surface area (Å²) in [5, 5.41) is 12.4. The van der Waals surface area contributed by atoms with Crippen LogP contribution in [0.2, 0.25) is 5.02 Å². The van der Waals surface area contributed by atoms with E-state index < -0.39 is 36.2 Å². The van der Waals surface area contributed by atoms with Crippen LogP contribution in [-0.2, 0) is 7.02 Å². The number of halogens is 3. The first kappa shape index (κ1) is 21.0. The molecule has 4 aromatic rings. The maximum Gasteiger partial charge on any atom is 0.337 e. The molecule has 0 aliphatic carbocycles. The van der Waals surface area contributed by atoms with Crippen LogP contribution in [0.4, 0.5) is 14.5 Å². The third-order valence-corrected chi connectivity index (χ3v) is 5.39. The summed E-state index contributed by atoms with van der Waals surface area (Å²) in [6.07, 6.45) is 0.969. The molecule has 0 saturated heterocycles. The summed E-state index contributed by atoms with van der Waals surface area (Å²) in [7, 11) is -0.501. The van der Waals surface area contributed by atoms with Crippen LogP contribution in [0.3, 0.4) is 0 Å². The number of aromatic carboxylic acids is 1. The molecule has 4 rings (SSSR count). The molecule has 0 bridgehead atoms. The molecule has 2 aromatic heterocycles. The molecule has 2 heterocycles. The third-order valence-electron chi connectivity index (χ3n) is 5.06. The molecule has 0 saturated carbocycles. The van der Waals surface area contributed by atoms with Crippen molar-refractivity contribution >= 4 is 34.2 Å². The van der Waals surface area contributed by atoms with E-state index in [0.717, 1.165) is 22.9 Å². The number of hydrogen-bond acceptors (Lipinski definition) is 5. The minimum atomic E-state index is -1.20. The van der Waals surface area contributed by atoms with Crippen molar-refractivity contribution in [2.24, 2.45) is 7.02 Å². The van der Waals surface area contributed by atoms with Crippen molar-refractivity contribution in [2.75, 3.05) is 5.32 Å². The number of rotatable bonds is 5. The van der Waals surface area contributed by atoms with Crippen molar-refractivity contribution in [1.82, 2.24) is 14.5 Å². The van der Waals surface area contributed by atoms with Crippen LogP contribution in [0.1, 0.15) is 30.3 Å². The second-order valence-electron chi connectivity index (χ2n) is 7.29. The Morgan fingerprint density at radius 2 is 2.00 bits per heavy atom. The molecule has 1 atom stereocenters. The molecule has 0 spiro atoms. The third kappa shape index (κ3) is 4.27. The Kier molecular flexibility index (Phi) is 5.47. The molecule has 0 unspecified atom stereocenters.